The molecule has 0 aliphatic carbocycles. The second kappa shape index (κ2) is 6.68. The zero-order valence-corrected chi connectivity index (χ0v) is 11.9. The lowest BCUT2D eigenvalue weighted by atomic mass is 10.1. The van der Waals surface area contributed by atoms with Crippen molar-refractivity contribution in [2.24, 2.45) is 0 Å². The van der Waals surface area contributed by atoms with E-state index in [2.05, 4.69) is 33.7 Å². The number of hydrogen-bond donors (Lipinski definition) is 1. The summed E-state index contributed by atoms with van der Waals surface area (Å²) in [5, 5.41) is 9.52. The molecule has 0 aromatic heterocycles. The number of terminal acetylenes is 1. The van der Waals surface area contributed by atoms with E-state index >= 15 is 0 Å². The average molecular weight is 296 g/mol. The molecule has 0 aliphatic rings. The number of hydrogen-bond acceptors (Lipinski definition) is 2. The van der Waals surface area contributed by atoms with Crippen LogP contribution < -0.4 is 4.90 Å². The lowest BCUT2D eigenvalue weighted by Gasteiger charge is -2.23. The topological polar surface area (TPSA) is 23.5 Å². The van der Waals surface area contributed by atoms with Gasteiger partial charge in [-0.25, -0.2) is 0 Å². The van der Waals surface area contributed by atoms with Crippen LogP contribution >= 0.6 is 15.9 Å². The number of anilines is 1. The molecule has 92 valence electrons. The van der Waals surface area contributed by atoms with Crippen LogP contribution in [0.15, 0.2) is 22.7 Å². The molecule has 1 aromatic carbocycles. The molecule has 17 heavy (non-hydrogen) atoms. The monoisotopic (exact) mass is 295 g/mol. The second-order valence-corrected chi connectivity index (χ2v) is 4.87. The minimum Gasteiger partial charge on any atom is -0.389 e. The van der Waals surface area contributed by atoms with Crippen molar-refractivity contribution in [1.29, 1.82) is 0 Å². The minimum absolute atomic E-state index is 0.451. The predicted octanol–water partition coefficient (Wildman–Crippen LogP) is 3.35. The first-order chi connectivity index (χ1) is 8.10. The fraction of sp³-hybridized carbons (Fsp3) is 0.429. The van der Waals surface area contributed by atoms with E-state index in [1.54, 1.807) is 6.92 Å². The molecule has 0 fully saturated rings. The van der Waals surface area contributed by atoms with E-state index in [1.807, 2.05) is 18.2 Å². The molecule has 0 amide bonds. The van der Waals surface area contributed by atoms with Gasteiger partial charge in [0, 0.05) is 11.0 Å². The van der Waals surface area contributed by atoms with Gasteiger partial charge in [0.1, 0.15) is 0 Å². The standard InChI is InChI=1S/C14H18BrNO/c1-4-8-16(9-5-2)14-7-6-12(11(3)17)10-13(14)15/h1,6-7,10-11,17H,5,8-9H2,2-3H3/t11-/m0/s1. The van der Waals surface area contributed by atoms with Crippen LogP contribution in [0.25, 0.3) is 0 Å². The summed E-state index contributed by atoms with van der Waals surface area (Å²) in [7, 11) is 0. The van der Waals surface area contributed by atoms with E-state index in [0.717, 1.165) is 28.7 Å². The van der Waals surface area contributed by atoms with Gasteiger partial charge in [0.05, 0.1) is 18.3 Å². The fourth-order valence-corrected chi connectivity index (χ4v) is 2.35. The van der Waals surface area contributed by atoms with Gasteiger partial charge in [-0.3, -0.25) is 0 Å². The predicted molar refractivity (Wildman–Crippen MR) is 76.1 cm³/mol. The minimum atomic E-state index is -0.451. The van der Waals surface area contributed by atoms with Gasteiger partial charge < -0.3 is 10.0 Å². The lowest BCUT2D eigenvalue weighted by molar-refractivity contribution is 0.199. The van der Waals surface area contributed by atoms with E-state index in [9.17, 15) is 5.11 Å². The fourth-order valence-electron chi connectivity index (χ4n) is 1.70. The highest BCUT2D eigenvalue weighted by atomic mass is 79.9. The Bertz CT molecular complexity index is 409. The summed E-state index contributed by atoms with van der Waals surface area (Å²) in [6.07, 6.45) is 5.97. The van der Waals surface area contributed by atoms with Gasteiger partial charge in [-0.15, -0.1) is 6.42 Å². The molecule has 1 aromatic rings. The Morgan fingerprint density at radius 2 is 2.24 bits per heavy atom. The van der Waals surface area contributed by atoms with Crippen molar-refractivity contribution in [3.05, 3.63) is 28.2 Å². The van der Waals surface area contributed by atoms with Gasteiger partial charge in [-0.2, -0.15) is 0 Å². The maximum atomic E-state index is 9.52. The summed E-state index contributed by atoms with van der Waals surface area (Å²) in [5.74, 6) is 2.67. The molecule has 0 unspecified atom stereocenters. The average Bonchev–Trinajstić information content (AvgIpc) is 2.28. The third-order valence-corrected chi connectivity index (χ3v) is 3.21. The van der Waals surface area contributed by atoms with Gasteiger partial charge in [-0.05, 0) is 47.0 Å². The molecule has 2 nitrogen and oxygen atoms in total. The summed E-state index contributed by atoms with van der Waals surface area (Å²) in [4.78, 5) is 2.15. The van der Waals surface area contributed by atoms with E-state index in [4.69, 9.17) is 6.42 Å². The molecule has 0 aliphatic heterocycles. The number of rotatable bonds is 5. The summed E-state index contributed by atoms with van der Waals surface area (Å²) >= 11 is 3.53. The first kappa shape index (κ1) is 14.1. The Hall–Kier alpha value is -0.980. The number of benzene rings is 1. The van der Waals surface area contributed by atoms with Crippen LogP contribution in [0.1, 0.15) is 31.9 Å². The molecule has 0 saturated heterocycles. The first-order valence-electron chi connectivity index (χ1n) is 5.76. The maximum absolute atomic E-state index is 9.52. The Labute approximate surface area is 112 Å². The van der Waals surface area contributed by atoms with Gasteiger partial charge in [0.15, 0.2) is 0 Å². The van der Waals surface area contributed by atoms with Crippen LogP contribution in [0, 0.1) is 12.3 Å². The van der Waals surface area contributed by atoms with Crippen LogP contribution in [-0.4, -0.2) is 18.2 Å². The summed E-state index contributed by atoms with van der Waals surface area (Å²) in [5.41, 5.74) is 1.98. The Morgan fingerprint density at radius 3 is 2.71 bits per heavy atom. The van der Waals surface area contributed by atoms with Crippen molar-refractivity contribution < 1.29 is 5.11 Å². The van der Waals surface area contributed by atoms with E-state index in [0.29, 0.717) is 6.54 Å². The molecular formula is C14H18BrNO. The smallest absolute Gasteiger partial charge is 0.0792 e. The van der Waals surface area contributed by atoms with E-state index in [-0.39, 0.29) is 0 Å². The number of aliphatic hydroxyl groups excluding tert-OH is 1. The number of aliphatic hydroxyl groups is 1. The molecular weight excluding hydrogens is 278 g/mol. The van der Waals surface area contributed by atoms with Crippen molar-refractivity contribution in [2.75, 3.05) is 18.0 Å². The molecule has 0 saturated carbocycles. The zero-order chi connectivity index (χ0) is 12.8. The summed E-state index contributed by atoms with van der Waals surface area (Å²) in [6.45, 7) is 5.41. The van der Waals surface area contributed by atoms with Crippen molar-refractivity contribution in [2.45, 2.75) is 26.4 Å². The SMILES string of the molecule is C#CCN(CCC)c1ccc([C@H](C)O)cc1Br. The number of nitrogens with zero attached hydrogens (tertiary/aromatic N) is 1. The Balaban J connectivity index is 3.00. The van der Waals surface area contributed by atoms with E-state index in [1.165, 1.54) is 0 Å². The third kappa shape index (κ3) is 3.76. The van der Waals surface area contributed by atoms with Gasteiger partial charge in [0.2, 0.25) is 0 Å². The lowest BCUT2D eigenvalue weighted by Crippen LogP contribution is -2.24. The summed E-state index contributed by atoms with van der Waals surface area (Å²) < 4.78 is 0.972. The van der Waals surface area contributed by atoms with Crippen molar-refractivity contribution >= 4 is 21.6 Å². The maximum Gasteiger partial charge on any atom is 0.0792 e. The van der Waals surface area contributed by atoms with Crippen molar-refractivity contribution in [3.63, 3.8) is 0 Å². The normalized spacial score (nSPS) is 11.9. The van der Waals surface area contributed by atoms with Crippen molar-refractivity contribution in [1.82, 2.24) is 0 Å². The van der Waals surface area contributed by atoms with Crippen LogP contribution in [0.2, 0.25) is 0 Å². The summed E-state index contributed by atoms with van der Waals surface area (Å²) in [6, 6.07) is 5.88. The first-order valence-corrected chi connectivity index (χ1v) is 6.55. The second-order valence-electron chi connectivity index (χ2n) is 4.01. The molecule has 0 bridgehead atoms. The quantitative estimate of drug-likeness (QED) is 0.842. The van der Waals surface area contributed by atoms with Gasteiger partial charge in [0.25, 0.3) is 0 Å². The largest absolute Gasteiger partial charge is 0.389 e. The van der Waals surface area contributed by atoms with Gasteiger partial charge in [-0.1, -0.05) is 18.9 Å². The third-order valence-electron chi connectivity index (χ3n) is 2.57. The van der Waals surface area contributed by atoms with Crippen LogP contribution in [-0.2, 0) is 0 Å². The molecule has 3 heteroatoms. The van der Waals surface area contributed by atoms with Crippen molar-refractivity contribution in [3.8, 4) is 12.3 Å². The van der Waals surface area contributed by atoms with Gasteiger partial charge >= 0.3 is 0 Å². The molecule has 1 rings (SSSR count). The molecule has 1 atom stereocenters. The highest BCUT2D eigenvalue weighted by Crippen LogP contribution is 2.29. The van der Waals surface area contributed by atoms with E-state index < -0.39 is 6.10 Å². The Kier molecular flexibility index (Phi) is 5.54. The highest BCUT2D eigenvalue weighted by Gasteiger charge is 2.10. The molecule has 0 heterocycles. The highest BCUT2D eigenvalue weighted by molar-refractivity contribution is 9.10. The van der Waals surface area contributed by atoms with Crippen LogP contribution in [0.5, 0.6) is 0 Å². The zero-order valence-electron chi connectivity index (χ0n) is 10.3. The van der Waals surface area contributed by atoms with Crippen LogP contribution in [0.3, 0.4) is 0 Å². The Morgan fingerprint density at radius 1 is 1.53 bits per heavy atom. The molecule has 0 spiro atoms. The molecule has 1 N–H and O–H groups in total. The van der Waals surface area contributed by atoms with Crippen LogP contribution in [0.4, 0.5) is 5.69 Å². The number of halogens is 1. The molecule has 0 radical (unpaired) electrons.